The molecule has 2 heterocycles. The molecule has 0 spiro atoms. The molecule has 1 N–H and O–H groups in total. The fraction of sp³-hybridized carbons (Fsp3) is 0.381. The van der Waals surface area contributed by atoms with Gasteiger partial charge < -0.3 is 15.1 Å². The monoisotopic (exact) mass is 369 g/mol. The zero-order valence-corrected chi connectivity index (χ0v) is 15.8. The summed E-state index contributed by atoms with van der Waals surface area (Å²) < 4.78 is 0. The van der Waals surface area contributed by atoms with Gasteiger partial charge in [0.15, 0.2) is 0 Å². The summed E-state index contributed by atoms with van der Waals surface area (Å²) in [6.45, 7) is 5.81. The highest BCUT2D eigenvalue weighted by atomic mass is 35.5. The van der Waals surface area contributed by atoms with Crippen LogP contribution in [-0.2, 0) is 13.0 Å². The predicted molar refractivity (Wildman–Crippen MR) is 107 cm³/mol. The number of hydrogen-bond donors (Lipinski definition) is 1. The summed E-state index contributed by atoms with van der Waals surface area (Å²) in [5, 5.41) is 3.82. The number of halogens is 1. The molecule has 2 aromatic rings. The molecule has 2 aromatic carbocycles. The van der Waals surface area contributed by atoms with Crippen molar-refractivity contribution in [3.63, 3.8) is 0 Å². The van der Waals surface area contributed by atoms with Crippen molar-refractivity contribution in [1.29, 1.82) is 0 Å². The van der Waals surface area contributed by atoms with Gasteiger partial charge in [-0.05, 0) is 60.2 Å². The number of nitrogens with zero attached hydrogens (tertiary/aromatic N) is 2. The van der Waals surface area contributed by atoms with Crippen LogP contribution >= 0.6 is 11.6 Å². The average molecular weight is 370 g/mol. The standard InChI is InChI=1S/C21H24ClN3O/c1-15-9-11-24(13-15)18-7-5-17(6-8-18)23-21(26)25-12-10-19-16(14-25)3-2-4-20(19)22/h2-8,15H,9-14H2,1H3,(H,23,26). The van der Waals surface area contributed by atoms with Crippen LogP contribution in [-0.4, -0.2) is 30.6 Å². The summed E-state index contributed by atoms with van der Waals surface area (Å²) in [5.74, 6) is 0.755. The first-order valence-electron chi connectivity index (χ1n) is 9.27. The molecule has 4 rings (SSSR count). The fourth-order valence-corrected chi connectivity index (χ4v) is 4.15. The van der Waals surface area contributed by atoms with Crippen LogP contribution in [0, 0.1) is 5.92 Å². The third-order valence-corrected chi connectivity index (χ3v) is 5.76. The summed E-state index contributed by atoms with van der Waals surface area (Å²) in [6, 6.07) is 14.0. The van der Waals surface area contributed by atoms with Crippen molar-refractivity contribution in [2.24, 2.45) is 5.92 Å². The van der Waals surface area contributed by atoms with Crippen molar-refractivity contribution < 1.29 is 4.79 Å². The zero-order chi connectivity index (χ0) is 18.1. The zero-order valence-electron chi connectivity index (χ0n) is 15.0. The minimum absolute atomic E-state index is 0.0572. The summed E-state index contributed by atoms with van der Waals surface area (Å²) in [5.41, 5.74) is 4.37. The van der Waals surface area contributed by atoms with Crippen LogP contribution in [0.4, 0.5) is 16.2 Å². The molecule has 1 atom stereocenters. The van der Waals surface area contributed by atoms with Crippen LogP contribution in [0.1, 0.15) is 24.5 Å². The fourth-order valence-electron chi connectivity index (χ4n) is 3.86. The van der Waals surface area contributed by atoms with E-state index in [1.165, 1.54) is 17.7 Å². The maximum Gasteiger partial charge on any atom is 0.322 e. The molecular weight excluding hydrogens is 346 g/mol. The van der Waals surface area contributed by atoms with Gasteiger partial charge in [-0.25, -0.2) is 4.79 Å². The molecule has 2 amide bonds. The van der Waals surface area contributed by atoms with Gasteiger partial charge in [0.25, 0.3) is 0 Å². The van der Waals surface area contributed by atoms with Crippen molar-refractivity contribution in [1.82, 2.24) is 4.90 Å². The Labute approximate surface area is 159 Å². The number of hydrogen-bond acceptors (Lipinski definition) is 2. The maximum absolute atomic E-state index is 12.6. The Morgan fingerprint density at radius 1 is 1.15 bits per heavy atom. The van der Waals surface area contributed by atoms with E-state index in [1.54, 1.807) is 0 Å². The van der Waals surface area contributed by atoms with Crippen molar-refractivity contribution in [3.8, 4) is 0 Å². The molecule has 1 fully saturated rings. The third-order valence-electron chi connectivity index (χ3n) is 5.40. The summed E-state index contributed by atoms with van der Waals surface area (Å²) in [7, 11) is 0. The SMILES string of the molecule is CC1CCN(c2ccc(NC(=O)N3CCc4c(Cl)cccc4C3)cc2)C1. The highest BCUT2D eigenvalue weighted by Crippen LogP contribution is 2.27. The van der Waals surface area contributed by atoms with E-state index in [4.69, 9.17) is 11.6 Å². The quantitative estimate of drug-likeness (QED) is 0.827. The van der Waals surface area contributed by atoms with Gasteiger partial charge in [0, 0.05) is 42.6 Å². The van der Waals surface area contributed by atoms with Gasteiger partial charge >= 0.3 is 6.03 Å². The van der Waals surface area contributed by atoms with Gasteiger partial charge in [-0.15, -0.1) is 0 Å². The van der Waals surface area contributed by atoms with Gasteiger partial charge in [-0.2, -0.15) is 0 Å². The molecule has 1 unspecified atom stereocenters. The van der Waals surface area contributed by atoms with E-state index in [9.17, 15) is 4.79 Å². The van der Waals surface area contributed by atoms with E-state index in [-0.39, 0.29) is 6.03 Å². The minimum Gasteiger partial charge on any atom is -0.371 e. The van der Waals surface area contributed by atoms with E-state index in [2.05, 4.69) is 29.3 Å². The number of anilines is 2. The Kier molecular flexibility index (Phi) is 4.77. The number of urea groups is 1. The number of benzene rings is 2. The second-order valence-corrected chi connectivity index (χ2v) is 7.77. The Morgan fingerprint density at radius 2 is 1.96 bits per heavy atom. The Bertz CT molecular complexity index is 805. The molecule has 0 bridgehead atoms. The minimum atomic E-state index is -0.0572. The van der Waals surface area contributed by atoms with Crippen molar-refractivity contribution in [2.45, 2.75) is 26.3 Å². The normalized spacial score (nSPS) is 19.4. The first-order chi connectivity index (χ1) is 12.6. The Morgan fingerprint density at radius 3 is 2.69 bits per heavy atom. The molecular formula is C21H24ClN3O. The highest BCUT2D eigenvalue weighted by molar-refractivity contribution is 6.31. The number of rotatable bonds is 2. The van der Waals surface area contributed by atoms with E-state index < -0.39 is 0 Å². The molecule has 0 aliphatic carbocycles. The van der Waals surface area contributed by atoms with E-state index in [0.29, 0.717) is 13.1 Å². The maximum atomic E-state index is 12.6. The Hall–Kier alpha value is -2.20. The molecule has 26 heavy (non-hydrogen) atoms. The van der Waals surface area contributed by atoms with Crippen LogP contribution in [0.5, 0.6) is 0 Å². The molecule has 2 aliphatic rings. The lowest BCUT2D eigenvalue weighted by atomic mass is 10.00. The largest absolute Gasteiger partial charge is 0.371 e. The predicted octanol–water partition coefficient (Wildman–Crippen LogP) is 4.78. The van der Waals surface area contributed by atoms with E-state index >= 15 is 0 Å². The first-order valence-corrected chi connectivity index (χ1v) is 9.65. The number of carbonyl (C=O) groups is 1. The number of nitrogens with one attached hydrogen (secondary N) is 1. The second kappa shape index (κ2) is 7.20. The second-order valence-electron chi connectivity index (χ2n) is 7.37. The summed E-state index contributed by atoms with van der Waals surface area (Å²) in [4.78, 5) is 16.9. The summed E-state index contributed by atoms with van der Waals surface area (Å²) >= 11 is 6.25. The molecule has 4 nitrogen and oxygen atoms in total. The molecule has 0 radical (unpaired) electrons. The first kappa shape index (κ1) is 17.2. The van der Waals surface area contributed by atoms with E-state index in [0.717, 1.165) is 41.7 Å². The Balaban J connectivity index is 1.39. The average Bonchev–Trinajstić information content (AvgIpc) is 3.08. The van der Waals surface area contributed by atoms with Gasteiger partial charge in [0.05, 0.1) is 0 Å². The lowest BCUT2D eigenvalue weighted by Gasteiger charge is -2.29. The van der Waals surface area contributed by atoms with Crippen LogP contribution in [0.15, 0.2) is 42.5 Å². The highest BCUT2D eigenvalue weighted by Gasteiger charge is 2.22. The number of amides is 2. The lowest BCUT2D eigenvalue weighted by Crippen LogP contribution is -2.38. The molecule has 2 aliphatic heterocycles. The number of carbonyl (C=O) groups excluding carboxylic acids is 1. The van der Waals surface area contributed by atoms with Crippen LogP contribution in [0.2, 0.25) is 5.02 Å². The van der Waals surface area contributed by atoms with Crippen LogP contribution in [0.3, 0.4) is 0 Å². The molecule has 0 aromatic heterocycles. The van der Waals surface area contributed by atoms with Gasteiger partial charge in [-0.3, -0.25) is 0 Å². The smallest absolute Gasteiger partial charge is 0.322 e. The molecule has 136 valence electrons. The van der Waals surface area contributed by atoms with Crippen molar-refractivity contribution in [2.75, 3.05) is 29.9 Å². The molecule has 5 heteroatoms. The van der Waals surface area contributed by atoms with Crippen molar-refractivity contribution >= 4 is 29.0 Å². The van der Waals surface area contributed by atoms with Crippen LogP contribution < -0.4 is 10.2 Å². The van der Waals surface area contributed by atoms with E-state index in [1.807, 2.05) is 35.2 Å². The summed E-state index contributed by atoms with van der Waals surface area (Å²) in [6.07, 6.45) is 2.05. The van der Waals surface area contributed by atoms with Crippen molar-refractivity contribution in [3.05, 3.63) is 58.6 Å². The van der Waals surface area contributed by atoms with Crippen LogP contribution in [0.25, 0.3) is 0 Å². The van der Waals surface area contributed by atoms with Gasteiger partial charge in [-0.1, -0.05) is 30.7 Å². The molecule has 0 saturated carbocycles. The van der Waals surface area contributed by atoms with Gasteiger partial charge in [0.2, 0.25) is 0 Å². The molecule has 1 saturated heterocycles. The topological polar surface area (TPSA) is 35.6 Å². The van der Waals surface area contributed by atoms with Gasteiger partial charge in [0.1, 0.15) is 0 Å². The number of fused-ring (bicyclic) bond motifs is 1. The third kappa shape index (κ3) is 3.51. The lowest BCUT2D eigenvalue weighted by molar-refractivity contribution is 0.206.